The van der Waals surface area contributed by atoms with Gasteiger partial charge in [0.05, 0.1) is 20.8 Å². The number of ether oxygens (including phenoxy) is 2. The molecule has 27 heavy (non-hydrogen) atoms. The minimum absolute atomic E-state index is 0.0161. The van der Waals surface area contributed by atoms with Crippen LogP contribution in [0, 0.1) is 6.92 Å². The summed E-state index contributed by atoms with van der Waals surface area (Å²) < 4.78 is 40.0. The van der Waals surface area contributed by atoms with E-state index in [0.29, 0.717) is 12.3 Å². The number of benzene rings is 2. The van der Waals surface area contributed by atoms with Gasteiger partial charge in [-0.05, 0) is 24.6 Å². The molecule has 0 aliphatic heterocycles. The topological polar surface area (TPSA) is 82.5 Å². The lowest BCUT2D eigenvalue weighted by Crippen LogP contribution is -2.15. The van der Waals surface area contributed by atoms with Gasteiger partial charge < -0.3 is 9.47 Å². The van der Waals surface area contributed by atoms with Crippen LogP contribution >= 0.6 is 0 Å². The second-order valence-corrected chi connectivity index (χ2v) is 7.66. The number of nitrogens with one attached hydrogen (secondary N) is 1. The van der Waals surface area contributed by atoms with E-state index in [-0.39, 0.29) is 16.5 Å². The first-order chi connectivity index (χ1) is 12.9. The Morgan fingerprint density at radius 3 is 2.59 bits per heavy atom. The van der Waals surface area contributed by atoms with Crippen LogP contribution in [0.2, 0.25) is 0 Å². The Morgan fingerprint density at radius 1 is 1.07 bits per heavy atom. The van der Waals surface area contributed by atoms with Crippen LogP contribution in [-0.4, -0.2) is 32.4 Å². The molecule has 0 radical (unpaired) electrons. The molecule has 0 saturated carbocycles. The van der Waals surface area contributed by atoms with Crippen molar-refractivity contribution in [3.63, 3.8) is 0 Å². The van der Waals surface area contributed by atoms with E-state index in [9.17, 15) is 8.42 Å². The first-order valence-electron chi connectivity index (χ1n) is 8.25. The number of aromatic nitrogens is 2. The third kappa shape index (κ3) is 4.40. The van der Waals surface area contributed by atoms with E-state index in [1.54, 1.807) is 29.1 Å². The van der Waals surface area contributed by atoms with Crippen molar-refractivity contribution < 1.29 is 17.9 Å². The minimum Gasteiger partial charge on any atom is -0.497 e. The van der Waals surface area contributed by atoms with E-state index in [0.717, 1.165) is 11.1 Å². The molecule has 8 heteroatoms. The van der Waals surface area contributed by atoms with Crippen LogP contribution in [0.1, 0.15) is 11.1 Å². The molecule has 0 bridgehead atoms. The Hall–Kier alpha value is -3.00. The highest BCUT2D eigenvalue weighted by Crippen LogP contribution is 2.29. The van der Waals surface area contributed by atoms with Crippen LogP contribution in [0.15, 0.2) is 59.6 Å². The van der Waals surface area contributed by atoms with E-state index in [1.807, 2.05) is 25.1 Å². The van der Waals surface area contributed by atoms with Gasteiger partial charge in [0, 0.05) is 18.3 Å². The summed E-state index contributed by atoms with van der Waals surface area (Å²) in [4.78, 5) is -0.0161. The summed E-state index contributed by atoms with van der Waals surface area (Å²) in [5.41, 5.74) is 2.24. The summed E-state index contributed by atoms with van der Waals surface area (Å²) in [5, 5.41) is 4.30. The fourth-order valence-corrected chi connectivity index (χ4v) is 3.87. The van der Waals surface area contributed by atoms with Gasteiger partial charge in [0.2, 0.25) is 0 Å². The number of hydrogen-bond acceptors (Lipinski definition) is 5. The molecule has 0 saturated heterocycles. The predicted octanol–water partition coefficient (Wildman–Crippen LogP) is 3.06. The quantitative estimate of drug-likeness (QED) is 0.674. The van der Waals surface area contributed by atoms with Gasteiger partial charge in [0.15, 0.2) is 5.82 Å². The molecule has 2 aromatic carbocycles. The van der Waals surface area contributed by atoms with Crippen molar-refractivity contribution in [1.82, 2.24) is 9.78 Å². The number of sulfonamides is 1. The van der Waals surface area contributed by atoms with E-state index in [1.165, 1.54) is 20.3 Å². The number of anilines is 1. The Kier molecular flexibility index (Phi) is 5.36. The molecule has 0 fully saturated rings. The number of rotatable bonds is 7. The monoisotopic (exact) mass is 387 g/mol. The van der Waals surface area contributed by atoms with Gasteiger partial charge in [0.1, 0.15) is 16.4 Å². The highest BCUT2D eigenvalue weighted by atomic mass is 32.2. The van der Waals surface area contributed by atoms with Crippen LogP contribution in [0.25, 0.3) is 0 Å². The average Bonchev–Trinajstić information content (AvgIpc) is 3.07. The zero-order chi connectivity index (χ0) is 19.4. The van der Waals surface area contributed by atoms with Gasteiger partial charge in [-0.15, -0.1) is 0 Å². The fraction of sp³-hybridized carbons (Fsp3) is 0.211. The Bertz CT molecular complexity index is 1040. The number of hydrogen-bond donors (Lipinski definition) is 1. The van der Waals surface area contributed by atoms with E-state index in [4.69, 9.17) is 9.47 Å². The Labute approximate surface area is 158 Å². The van der Waals surface area contributed by atoms with Crippen molar-refractivity contribution >= 4 is 15.8 Å². The largest absolute Gasteiger partial charge is 0.497 e. The molecule has 3 rings (SSSR count). The maximum absolute atomic E-state index is 12.8. The van der Waals surface area contributed by atoms with Crippen molar-refractivity contribution in [2.75, 3.05) is 18.9 Å². The standard InChI is InChI=1S/C19H21N3O4S/c1-14-5-4-6-15(11-14)13-22-10-9-19(20-22)21-27(23,24)18-12-16(25-2)7-8-17(18)26-3/h4-12H,13H2,1-3H3,(H,20,21). The summed E-state index contributed by atoms with van der Waals surface area (Å²) in [6.45, 7) is 2.57. The predicted molar refractivity (Wildman–Crippen MR) is 103 cm³/mol. The molecule has 142 valence electrons. The summed E-state index contributed by atoms with van der Waals surface area (Å²) in [6, 6.07) is 14.3. The van der Waals surface area contributed by atoms with Crippen LogP contribution in [-0.2, 0) is 16.6 Å². The third-order valence-electron chi connectivity index (χ3n) is 3.97. The molecule has 0 amide bonds. The number of methoxy groups -OCH3 is 2. The van der Waals surface area contributed by atoms with Crippen LogP contribution < -0.4 is 14.2 Å². The number of aryl methyl sites for hydroxylation is 1. The lowest BCUT2D eigenvalue weighted by atomic mass is 10.1. The van der Waals surface area contributed by atoms with E-state index < -0.39 is 10.0 Å². The maximum Gasteiger partial charge on any atom is 0.266 e. The number of nitrogens with zero attached hydrogens (tertiary/aromatic N) is 2. The lowest BCUT2D eigenvalue weighted by molar-refractivity contribution is 0.392. The third-order valence-corrected chi connectivity index (χ3v) is 5.34. The molecule has 7 nitrogen and oxygen atoms in total. The highest BCUT2D eigenvalue weighted by molar-refractivity contribution is 7.92. The zero-order valence-electron chi connectivity index (χ0n) is 15.3. The Morgan fingerprint density at radius 2 is 1.89 bits per heavy atom. The van der Waals surface area contributed by atoms with Crippen LogP contribution in [0.5, 0.6) is 11.5 Å². The van der Waals surface area contributed by atoms with E-state index in [2.05, 4.69) is 15.9 Å². The van der Waals surface area contributed by atoms with Gasteiger partial charge in [-0.1, -0.05) is 29.8 Å². The Balaban J connectivity index is 1.82. The second kappa shape index (κ2) is 7.71. The van der Waals surface area contributed by atoms with Crippen molar-refractivity contribution in [2.24, 2.45) is 0 Å². The summed E-state index contributed by atoms with van der Waals surface area (Å²) in [7, 11) is -1.00. The molecule has 0 atom stereocenters. The van der Waals surface area contributed by atoms with Crippen LogP contribution in [0.4, 0.5) is 5.82 Å². The van der Waals surface area contributed by atoms with Gasteiger partial charge in [-0.25, -0.2) is 8.42 Å². The van der Waals surface area contributed by atoms with Crippen molar-refractivity contribution in [3.05, 3.63) is 65.9 Å². The minimum atomic E-state index is -3.89. The molecule has 3 aromatic rings. The van der Waals surface area contributed by atoms with Crippen molar-refractivity contribution in [1.29, 1.82) is 0 Å². The SMILES string of the molecule is COc1ccc(OC)c(S(=O)(=O)Nc2ccn(Cc3cccc(C)c3)n2)c1. The lowest BCUT2D eigenvalue weighted by Gasteiger charge is -2.11. The second-order valence-electron chi connectivity index (χ2n) is 6.01. The normalized spacial score (nSPS) is 11.2. The van der Waals surface area contributed by atoms with Crippen LogP contribution in [0.3, 0.4) is 0 Å². The molecule has 1 N–H and O–H groups in total. The maximum atomic E-state index is 12.8. The summed E-state index contributed by atoms with van der Waals surface area (Å²) in [6.07, 6.45) is 1.73. The smallest absolute Gasteiger partial charge is 0.266 e. The molecule has 0 aliphatic rings. The molecule has 1 aromatic heterocycles. The first-order valence-corrected chi connectivity index (χ1v) is 9.73. The van der Waals surface area contributed by atoms with E-state index >= 15 is 0 Å². The molecular weight excluding hydrogens is 366 g/mol. The summed E-state index contributed by atoms with van der Waals surface area (Å²) >= 11 is 0. The molecule has 1 heterocycles. The first kappa shape index (κ1) is 18.8. The van der Waals surface area contributed by atoms with Crippen molar-refractivity contribution in [3.8, 4) is 11.5 Å². The molecule has 0 spiro atoms. The molecule has 0 unspecified atom stereocenters. The molecule has 0 aliphatic carbocycles. The van der Waals surface area contributed by atoms with Crippen molar-refractivity contribution in [2.45, 2.75) is 18.4 Å². The van der Waals surface area contributed by atoms with Gasteiger partial charge in [0.25, 0.3) is 10.0 Å². The average molecular weight is 387 g/mol. The zero-order valence-corrected chi connectivity index (χ0v) is 16.2. The van der Waals surface area contributed by atoms with Gasteiger partial charge >= 0.3 is 0 Å². The fourth-order valence-electron chi connectivity index (χ4n) is 2.69. The van der Waals surface area contributed by atoms with Gasteiger partial charge in [-0.2, -0.15) is 5.10 Å². The van der Waals surface area contributed by atoms with Gasteiger partial charge in [-0.3, -0.25) is 9.40 Å². The summed E-state index contributed by atoms with van der Waals surface area (Å²) in [5.74, 6) is 0.871. The highest BCUT2D eigenvalue weighted by Gasteiger charge is 2.21. The molecular formula is C19H21N3O4S.